The molecule has 0 bridgehead atoms. The second-order valence-electron chi connectivity index (χ2n) is 5.33. The maximum atomic E-state index is 6.34. The highest BCUT2D eigenvalue weighted by atomic mass is 35.5. The van der Waals surface area contributed by atoms with E-state index in [0.717, 1.165) is 29.4 Å². The predicted molar refractivity (Wildman–Crippen MR) is 77.6 cm³/mol. The van der Waals surface area contributed by atoms with E-state index >= 15 is 0 Å². The van der Waals surface area contributed by atoms with Gasteiger partial charge in [-0.25, -0.2) is 0 Å². The summed E-state index contributed by atoms with van der Waals surface area (Å²) in [4.78, 5) is 0. The van der Waals surface area contributed by atoms with E-state index in [2.05, 4.69) is 17.3 Å². The van der Waals surface area contributed by atoms with Crippen LogP contribution >= 0.6 is 11.6 Å². The minimum atomic E-state index is 0.279. The molecular formula is C14H24ClN3O. The average molecular weight is 286 g/mol. The molecule has 0 radical (unpaired) electrons. The van der Waals surface area contributed by atoms with Crippen molar-refractivity contribution < 1.29 is 4.74 Å². The van der Waals surface area contributed by atoms with Gasteiger partial charge in [-0.05, 0) is 39.7 Å². The molecule has 0 aliphatic heterocycles. The summed E-state index contributed by atoms with van der Waals surface area (Å²) in [5, 5.41) is 8.56. The van der Waals surface area contributed by atoms with E-state index in [-0.39, 0.29) is 6.10 Å². The molecule has 1 saturated carbocycles. The minimum absolute atomic E-state index is 0.279. The lowest BCUT2D eigenvalue weighted by molar-refractivity contribution is 0.0207. The molecule has 1 aliphatic carbocycles. The van der Waals surface area contributed by atoms with E-state index in [9.17, 15) is 0 Å². The standard InChI is InChI=1S/C14H24ClN3O/c1-5-19-14(10-6-7-10)11(16-3)8-12-13(15)9(2)17-18(12)4/h10-11,14,16H,5-8H2,1-4H3. The first-order valence-electron chi connectivity index (χ1n) is 7.05. The Morgan fingerprint density at radius 1 is 1.53 bits per heavy atom. The first kappa shape index (κ1) is 14.8. The number of hydrogen-bond acceptors (Lipinski definition) is 3. The highest BCUT2D eigenvalue weighted by Gasteiger charge is 2.37. The van der Waals surface area contributed by atoms with Gasteiger partial charge in [0.25, 0.3) is 0 Å². The first-order chi connectivity index (χ1) is 9.08. The molecule has 0 aromatic carbocycles. The Kier molecular flexibility index (Phi) is 4.87. The zero-order chi connectivity index (χ0) is 14.0. The van der Waals surface area contributed by atoms with Gasteiger partial charge in [0.15, 0.2) is 0 Å². The number of aryl methyl sites for hydroxylation is 2. The quantitative estimate of drug-likeness (QED) is 0.836. The summed E-state index contributed by atoms with van der Waals surface area (Å²) in [5.41, 5.74) is 1.98. The van der Waals surface area contributed by atoms with Gasteiger partial charge in [-0.15, -0.1) is 0 Å². The molecule has 2 atom stereocenters. The molecule has 1 N–H and O–H groups in total. The summed E-state index contributed by atoms with van der Waals surface area (Å²) >= 11 is 6.34. The second-order valence-corrected chi connectivity index (χ2v) is 5.70. The number of aromatic nitrogens is 2. The number of nitrogens with zero attached hydrogens (tertiary/aromatic N) is 2. The first-order valence-corrected chi connectivity index (χ1v) is 7.43. The van der Waals surface area contributed by atoms with Crippen LogP contribution in [0.2, 0.25) is 5.02 Å². The second kappa shape index (κ2) is 6.25. The topological polar surface area (TPSA) is 39.1 Å². The van der Waals surface area contributed by atoms with Crippen LogP contribution in [0.1, 0.15) is 31.2 Å². The van der Waals surface area contributed by atoms with Crippen LogP contribution in [0.5, 0.6) is 0 Å². The fourth-order valence-corrected chi connectivity index (χ4v) is 2.93. The van der Waals surface area contributed by atoms with Crippen LogP contribution in [0.4, 0.5) is 0 Å². The Labute approximate surface area is 120 Å². The summed E-state index contributed by atoms with van der Waals surface area (Å²) in [6.45, 7) is 4.77. The lowest BCUT2D eigenvalue weighted by Gasteiger charge is -2.27. The van der Waals surface area contributed by atoms with E-state index in [0.29, 0.717) is 12.0 Å². The van der Waals surface area contributed by atoms with Gasteiger partial charge in [0, 0.05) is 26.1 Å². The summed E-state index contributed by atoms with van der Waals surface area (Å²) in [6.07, 6.45) is 3.69. The molecule has 1 aromatic heterocycles. The minimum Gasteiger partial charge on any atom is -0.377 e. The van der Waals surface area contributed by atoms with Crippen molar-refractivity contribution in [2.45, 2.75) is 45.3 Å². The number of ether oxygens (including phenoxy) is 1. The van der Waals surface area contributed by atoms with E-state index in [1.165, 1.54) is 12.8 Å². The fourth-order valence-electron chi connectivity index (χ4n) is 2.69. The largest absolute Gasteiger partial charge is 0.377 e. The number of likely N-dealkylation sites (N-methyl/N-ethyl adjacent to an activating group) is 1. The molecule has 1 aromatic rings. The van der Waals surface area contributed by atoms with E-state index < -0.39 is 0 Å². The van der Waals surface area contributed by atoms with Gasteiger partial charge in [0.05, 0.1) is 22.5 Å². The summed E-state index contributed by atoms with van der Waals surface area (Å²) in [5.74, 6) is 0.700. The smallest absolute Gasteiger partial charge is 0.0847 e. The summed E-state index contributed by atoms with van der Waals surface area (Å²) < 4.78 is 7.83. The Hall–Kier alpha value is -0.580. The van der Waals surface area contributed by atoms with Crippen molar-refractivity contribution in [2.24, 2.45) is 13.0 Å². The van der Waals surface area contributed by atoms with Gasteiger partial charge in [0.1, 0.15) is 0 Å². The molecule has 1 fully saturated rings. The number of halogens is 1. The van der Waals surface area contributed by atoms with Crippen LogP contribution in [-0.4, -0.2) is 35.6 Å². The molecule has 5 heteroatoms. The van der Waals surface area contributed by atoms with Gasteiger partial charge in [0.2, 0.25) is 0 Å². The maximum Gasteiger partial charge on any atom is 0.0847 e. The number of nitrogens with one attached hydrogen (secondary N) is 1. The van der Waals surface area contributed by atoms with Crippen molar-refractivity contribution >= 4 is 11.6 Å². The number of hydrogen-bond donors (Lipinski definition) is 1. The summed E-state index contributed by atoms with van der Waals surface area (Å²) in [7, 11) is 3.95. The lowest BCUT2D eigenvalue weighted by Crippen LogP contribution is -2.43. The van der Waals surface area contributed by atoms with Crippen molar-refractivity contribution in [1.82, 2.24) is 15.1 Å². The SMILES string of the molecule is CCOC(C1CC1)C(Cc1c(Cl)c(C)nn1C)NC. The highest BCUT2D eigenvalue weighted by Crippen LogP contribution is 2.37. The third-order valence-electron chi connectivity index (χ3n) is 3.89. The average Bonchev–Trinajstić information content (AvgIpc) is 3.17. The highest BCUT2D eigenvalue weighted by molar-refractivity contribution is 6.31. The van der Waals surface area contributed by atoms with Crippen LogP contribution in [0.15, 0.2) is 0 Å². The normalized spacial score (nSPS) is 18.6. The molecule has 0 spiro atoms. The fraction of sp³-hybridized carbons (Fsp3) is 0.786. The van der Waals surface area contributed by atoms with Gasteiger partial charge < -0.3 is 10.1 Å². The van der Waals surface area contributed by atoms with Crippen LogP contribution in [0.25, 0.3) is 0 Å². The predicted octanol–water partition coefficient (Wildman–Crippen LogP) is 2.33. The number of rotatable bonds is 7. The third-order valence-corrected chi connectivity index (χ3v) is 4.38. The van der Waals surface area contributed by atoms with Gasteiger partial charge in [-0.1, -0.05) is 11.6 Å². The Morgan fingerprint density at radius 2 is 2.21 bits per heavy atom. The molecular weight excluding hydrogens is 262 g/mol. The zero-order valence-corrected chi connectivity index (χ0v) is 13.0. The van der Waals surface area contributed by atoms with Crippen molar-refractivity contribution in [3.05, 3.63) is 16.4 Å². The molecule has 1 aliphatic rings. The zero-order valence-electron chi connectivity index (χ0n) is 12.2. The van der Waals surface area contributed by atoms with E-state index in [1.54, 1.807) is 0 Å². The van der Waals surface area contributed by atoms with Gasteiger partial charge in [-0.2, -0.15) is 5.10 Å². The van der Waals surface area contributed by atoms with Crippen LogP contribution in [0.3, 0.4) is 0 Å². The summed E-state index contributed by atoms with van der Waals surface area (Å²) in [6, 6.07) is 0.291. The maximum absolute atomic E-state index is 6.34. The van der Waals surface area contributed by atoms with Crippen molar-refractivity contribution in [1.29, 1.82) is 0 Å². The van der Waals surface area contributed by atoms with E-state index in [4.69, 9.17) is 16.3 Å². The molecule has 4 nitrogen and oxygen atoms in total. The molecule has 0 amide bonds. The Balaban J connectivity index is 2.13. The Morgan fingerprint density at radius 3 is 2.63 bits per heavy atom. The lowest BCUT2D eigenvalue weighted by atomic mass is 10.0. The van der Waals surface area contributed by atoms with Crippen LogP contribution in [-0.2, 0) is 18.2 Å². The molecule has 108 valence electrons. The Bertz CT molecular complexity index is 429. The van der Waals surface area contributed by atoms with E-state index in [1.807, 2.05) is 25.7 Å². The van der Waals surface area contributed by atoms with Crippen molar-refractivity contribution in [2.75, 3.05) is 13.7 Å². The monoisotopic (exact) mass is 285 g/mol. The molecule has 1 heterocycles. The molecule has 0 saturated heterocycles. The molecule has 2 unspecified atom stereocenters. The third kappa shape index (κ3) is 3.30. The van der Waals surface area contributed by atoms with Gasteiger partial charge in [-0.3, -0.25) is 4.68 Å². The molecule has 2 rings (SSSR count). The van der Waals surface area contributed by atoms with Gasteiger partial charge >= 0.3 is 0 Å². The van der Waals surface area contributed by atoms with Crippen LogP contribution < -0.4 is 5.32 Å². The molecule has 19 heavy (non-hydrogen) atoms. The van der Waals surface area contributed by atoms with Crippen molar-refractivity contribution in [3.63, 3.8) is 0 Å². The van der Waals surface area contributed by atoms with Crippen LogP contribution in [0, 0.1) is 12.8 Å². The van der Waals surface area contributed by atoms with Crippen molar-refractivity contribution in [3.8, 4) is 0 Å².